The van der Waals surface area contributed by atoms with Crippen molar-refractivity contribution in [3.63, 3.8) is 0 Å². The number of hydrogen-bond donors (Lipinski definition) is 2. The number of aliphatic hydroxyl groups is 1. The first-order chi connectivity index (χ1) is 12.2. The maximum atomic E-state index is 9.08. The van der Waals surface area contributed by atoms with E-state index < -0.39 is 0 Å². The Bertz CT molecular complexity index is 850. The molecule has 3 heterocycles. The Morgan fingerprint density at radius 1 is 1.24 bits per heavy atom. The molecule has 0 atom stereocenters. The Morgan fingerprint density at radius 2 is 2.08 bits per heavy atom. The van der Waals surface area contributed by atoms with Crippen LogP contribution >= 0.6 is 11.6 Å². The molecule has 0 amide bonds. The topological polar surface area (TPSA) is 67.4 Å². The van der Waals surface area contributed by atoms with E-state index in [4.69, 9.17) is 16.7 Å². The number of pyridine rings is 1. The van der Waals surface area contributed by atoms with Gasteiger partial charge in [-0.2, -0.15) is 5.10 Å². The molecule has 0 radical (unpaired) electrons. The molecule has 6 nitrogen and oxygen atoms in total. The molecule has 3 aromatic rings. The third kappa shape index (κ3) is 3.37. The Hall–Kier alpha value is -2.05. The number of fused-ring (bicyclic) bond motifs is 1. The van der Waals surface area contributed by atoms with Gasteiger partial charge in [0.05, 0.1) is 23.6 Å². The van der Waals surface area contributed by atoms with Gasteiger partial charge in [0.2, 0.25) is 0 Å². The van der Waals surface area contributed by atoms with E-state index in [1.165, 1.54) is 12.8 Å². The fourth-order valence-electron chi connectivity index (χ4n) is 3.72. The number of halogens is 1. The molecule has 25 heavy (non-hydrogen) atoms. The minimum atomic E-state index is 0.300. The van der Waals surface area contributed by atoms with Crippen LogP contribution in [0.2, 0.25) is 5.15 Å². The number of aromatic nitrogens is 4. The number of rotatable bonds is 5. The SMILES string of the molecule is OCCC1CCC(n2cc(Nc3ccc(Cl)n4ccnc34)cn2)CC1. The van der Waals surface area contributed by atoms with Crippen LogP contribution in [-0.2, 0) is 0 Å². The molecule has 0 spiro atoms. The minimum absolute atomic E-state index is 0.300. The molecule has 3 aromatic heterocycles. The molecule has 0 unspecified atom stereocenters. The van der Waals surface area contributed by atoms with Crippen molar-refractivity contribution in [3.8, 4) is 0 Å². The van der Waals surface area contributed by atoms with Crippen molar-refractivity contribution in [2.75, 3.05) is 11.9 Å². The van der Waals surface area contributed by atoms with Gasteiger partial charge >= 0.3 is 0 Å². The second-order valence-electron chi connectivity index (χ2n) is 6.71. The number of nitrogens with zero attached hydrogens (tertiary/aromatic N) is 4. The van der Waals surface area contributed by atoms with Crippen LogP contribution in [0.4, 0.5) is 11.4 Å². The fraction of sp³-hybridized carbons (Fsp3) is 0.444. The standard InChI is InChI=1S/C18H22ClN5O/c19-17-6-5-16(18-20-8-9-23(17)18)22-14-11-21-24(12-14)15-3-1-13(2-4-15)7-10-25/h5-6,8-9,11-13,15,22,25H,1-4,7,10H2. The molecule has 132 valence electrons. The van der Waals surface area contributed by atoms with Gasteiger partial charge in [-0.3, -0.25) is 9.08 Å². The predicted octanol–water partition coefficient (Wildman–Crippen LogP) is 4.04. The highest BCUT2D eigenvalue weighted by Crippen LogP contribution is 2.34. The lowest BCUT2D eigenvalue weighted by Crippen LogP contribution is -2.19. The highest BCUT2D eigenvalue weighted by Gasteiger charge is 2.22. The summed E-state index contributed by atoms with van der Waals surface area (Å²) in [5.74, 6) is 0.664. The molecule has 0 saturated heterocycles. The lowest BCUT2D eigenvalue weighted by molar-refractivity contribution is 0.202. The van der Waals surface area contributed by atoms with E-state index in [1.807, 2.05) is 28.9 Å². The monoisotopic (exact) mass is 359 g/mol. The van der Waals surface area contributed by atoms with Crippen molar-refractivity contribution >= 4 is 28.6 Å². The quantitative estimate of drug-likeness (QED) is 0.674. The van der Waals surface area contributed by atoms with Crippen molar-refractivity contribution in [2.45, 2.75) is 38.1 Å². The van der Waals surface area contributed by atoms with Gasteiger partial charge in [0.1, 0.15) is 5.15 Å². The summed E-state index contributed by atoms with van der Waals surface area (Å²) in [5.41, 5.74) is 2.65. The van der Waals surface area contributed by atoms with Crippen molar-refractivity contribution in [1.82, 2.24) is 19.2 Å². The van der Waals surface area contributed by atoms with E-state index in [-0.39, 0.29) is 0 Å². The van der Waals surface area contributed by atoms with Crippen LogP contribution in [0.1, 0.15) is 38.1 Å². The zero-order chi connectivity index (χ0) is 17.2. The molecule has 1 aliphatic carbocycles. The van der Waals surface area contributed by atoms with E-state index in [2.05, 4.69) is 26.3 Å². The highest BCUT2D eigenvalue weighted by molar-refractivity contribution is 6.29. The molecule has 1 aliphatic rings. The largest absolute Gasteiger partial charge is 0.396 e. The zero-order valence-corrected chi connectivity index (χ0v) is 14.7. The van der Waals surface area contributed by atoms with Crippen molar-refractivity contribution < 1.29 is 5.11 Å². The van der Waals surface area contributed by atoms with Crippen LogP contribution in [0.25, 0.3) is 5.65 Å². The first kappa shape index (κ1) is 16.4. The molecular formula is C18H22ClN5O. The second kappa shape index (κ2) is 7.06. The average molecular weight is 360 g/mol. The molecule has 1 fully saturated rings. The fourth-order valence-corrected chi connectivity index (χ4v) is 3.92. The molecular weight excluding hydrogens is 338 g/mol. The number of imidazole rings is 1. The third-order valence-corrected chi connectivity index (χ3v) is 5.42. The van der Waals surface area contributed by atoms with Crippen molar-refractivity contribution in [1.29, 1.82) is 0 Å². The first-order valence-electron chi connectivity index (χ1n) is 8.78. The first-order valence-corrected chi connectivity index (χ1v) is 9.16. The summed E-state index contributed by atoms with van der Waals surface area (Å²) >= 11 is 6.18. The van der Waals surface area contributed by atoms with Gasteiger partial charge in [-0.1, -0.05) is 11.6 Å². The predicted molar refractivity (Wildman–Crippen MR) is 98.4 cm³/mol. The Kier molecular flexibility index (Phi) is 4.63. The summed E-state index contributed by atoms with van der Waals surface area (Å²) in [7, 11) is 0. The molecule has 4 rings (SSSR count). The van der Waals surface area contributed by atoms with Gasteiger partial charge in [0, 0.05) is 25.2 Å². The van der Waals surface area contributed by atoms with Crippen molar-refractivity contribution in [2.24, 2.45) is 5.92 Å². The van der Waals surface area contributed by atoms with Crippen LogP contribution < -0.4 is 5.32 Å². The van der Waals surface area contributed by atoms with Gasteiger partial charge in [-0.25, -0.2) is 4.98 Å². The molecule has 0 aromatic carbocycles. The second-order valence-corrected chi connectivity index (χ2v) is 7.10. The summed E-state index contributed by atoms with van der Waals surface area (Å²) in [6.07, 6.45) is 13.0. The Labute approximate surface area is 151 Å². The number of anilines is 2. The van der Waals surface area contributed by atoms with E-state index in [1.54, 1.807) is 6.20 Å². The molecule has 7 heteroatoms. The third-order valence-electron chi connectivity index (χ3n) is 5.11. The summed E-state index contributed by atoms with van der Waals surface area (Å²) < 4.78 is 3.91. The zero-order valence-electron chi connectivity index (χ0n) is 14.0. The van der Waals surface area contributed by atoms with Crippen molar-refractivity contribution in [3.05, 3.63) is 42.1 Å². The minimum Gasteiger partial charge on any atom is -0.396 e. The Morgan fingerprint density at radius 3 is 2.88 bits per heavy atom. The van der Waals surface area contributed by atoms with Gasteiger partial charge in [-0.05, 0) is 50.2 Å². The van der Waals surface area contributed by atoms with Crippen LogP contribution in [-0.4, -0.2) is 30.9 Å². The summed E-state index contributed by atoms with van der Waals surface area (Å²) in [6, 6.07) is 4.23. The van der Waals surface area contributed by atoms with E-state index in [0.29, 0.717) is 23.7 Å². The number of hydrogen-bond acceptors (Lipinski definition) is 4. The molecule has 2 N–H and O–H groups in total. The van der Waals surface area contributed by atoms with E-state index in [0.717, 1.165) is 36.3 Å². The normalized spacial score (nSPS) is 20.9. The van der Waals surface area contributed by atoms with Gasteiger partial charge in [0.15, 0.2) is 5.65 Å². The molecule has 1 saturated carbocycles. The van der Waals surface area contributed by atoms with Crippen LogP contribution in [0.15, 0.2) is 36.9 Å². The summed E-state index contributed by atoms with van der Waals surface area (Å²) in [4.78, 5) is 4.37. The molecule has 0 bridgehead atoms. The van der Waals surface area contributed by atoms with E-state index >= 15 is 0 Å². The maximum absolute atomic E-state index is 9.08. The van der Waals surface area contributed by atoms with Crippen LogP contribution in [0.5, 0.6) is 0 Å². The molecule has 0 aliphatic heterocycles. The lowest BCUT2D eigenvalue weighted by Gasteiger charge is -2.28. The summed E-state index contributed by atoms with van der Waals surface area (Å²) in [5, 5.41) is 17.6. The van der Waals surface area contributed by atoms with Crippen LogP contribution in [0.3, 0.4) is 0 Å². The highest BCUT2D eigenvalue weighted by atomic mass is 35.5. The van der Waals surface area contributed by atoms with Gasteiger partial charge < -0.3 is 10.4 Å². The van der Waals surface area contributed by atoms with Gasteiger partial charge in [-0.15, -0.1) is 0 Å². The smallest absolute Gasteiger partial charge is 0.161 e. The maximum Gasteiger partial charge on any atom is 0.161 e. The average Bonchev–Trinajstić information content (AvgIpc) is 3.28. The number of nitrogens with one attached hydrogen (secondary N) is 1. The van der Waals surface area contributed by atoms with E-state index in [9.17, 15) is 0 Å². The van der Waals surface area contributed by atoms with Crippen LogP contribution in [0, 0.1) is 5.92 Å². The number of aliphatic hydroxyl groups excluding tert-OH is 1. The Balaban J connectivity index is 1.46. The van der Waals surface area contributed by atoms with Gasteiger partial charge in [0.25, 0.3) is 0 Å². The lowest BCUT2D eigenvalue weighted by atomic mass is 9.84. The summed E-state index contributed by atoms with van der Waals surface area (Å²) in [6.45, 7) is 0.300.